The predicted molar refractivity (Wildman–Crippen MR) is 66.0 cm³/mol. The van der Waals surface area contributed by atoms with E-state index in [2.05, 4.69) is 10.3 Å². The maximum atomic E-state index is 11.6. The van der Waals surface area contributed by atoms with Crippen molar-refractivity contribution in [2.75, 3.05) is 18.9 Å². The van der Waals surface area contributed by atoms with Gasteiger partial charge in [-0.05, 0) is 13.8 Å². The van der Waals surface area contributed by atoms with Gasteiger partial charge in [-0.1, -0.05) is 0 Å². The van der Waals surface area contributed by atoms with E-state index >= 15 is 0 Å². The zero-order valence-corrected chi connectivity index (χ0v) is 10.8. The third-order valence-electron chi connectivity index (χ3n) is 2.38. The van der Waals surface area contributed by atoms with Crippen LogP contribution in [0, 0.1) is 6.92 Å². The van der Waals surface area contributed by atoms with Gasteiger partial charge < -0.3 is 20.4 Å². The smallest absolute Gasteiger partial charge is 0.360 e. The normalized spacial score (nSPS) is 10.2. The quantitative estimate of drug-likeness (QED) is 0.725. The first kappa shape index (κ1) is 14.0. The van der Waals surface area contributed by atoms with Crippen LogP contribution in [0.4, 0.5) is 5.82 Å². The number of aromatic nitrogens is 2. The Bertz CT molecular complexity index is 453. The SMILES string of the molecule is CCOC(=O)c1nc(C)n(CCNC(C)=O)c1N. The van der Waals surface area contributed by atoms with Crippen molar-refractivity contribution in [2.24, 2.45) is 0 Å². The molecule has 0 radical (unpaired) electrons. The van der Waals surface area contributed by atoms with E-state index in [9.17, 15) is 9.59 Å². The highest BCUT2D eigenvalue weighted by Crippen LogP contribution is 2.14. The fraction of sp³-hybridized carbons (Fsp3) is 0.545. The molecule has 0 aromatic carbocycles. The number of aryl methyl sites for hydroxylation is 1. The third kappa shape index (κ3) is 3.22. The Hall–Kier alpha value is -2.05. The number of nitrogens with two attached hydrogens (primary N) is 1. The highest BCUT2D eigenvalue weighted by molar-refractivity contribution is 5.92. The van der Waals surface area contributed by atoms with Crippen molar-refractivity contribution in [3.8, 4) is 0 Å². The molecule has 0 atom stereocenters. The highest BCUT2D eigenvalue weighted by atomic mass is 16.5. The van der Waals surface area contributed by atoms with Crippen molar-refractivity contribution < 1.29 is 14.3 Å². The molecule has 0 fully saturated rings. The first-order chi connectivity index (χ1) is 8.47. The van der Waals surface area contributed by atoms with E-state index < -0.39 is 5.97 Å². The number of hydrogen-bond acceptors (Lipinski definition) is 5. The Balaban J connectivity index is 2.80. The van der Waals surface area contributed by atoms with Crippen LogP contribution in [0.3, 0.4) is 0 Å². The summed E-state index contributed by atoms with van der Waals surface area (Å²) < 4.78 is 6.52. The summed E-state index contributed by atoms with van der Waals surface area (Å²) >= 11 is 0. The second kappa shape index (κ2) is 6.04. The van der Waals surface area contributed by atoms with Gasteiger partial charge >= 0.3 is 5.97 Å². The molecule has 18 heavy (non-hydrogen) atoms. The number of amides is 1. The summed E-state index contributed by atoms with van der Waals surface area (Å²) in [6, 6.07) is 0. The zero-order chi connectivity index (χ0) is 13.7. The monoisotopic (exact) mass is 254 g/mol. The zero-order valence-electron chi connectivity index (χ0n) is 10.8. The fourth-order valence-electron chi connectivity index (χ4n) is 1.56. The number of nitrogens with zero attached hydrogens (tertiary/aromatic N) is 2. The maximum Gasteiger partial charge on any atom is 0.360 e. The molecule has 3 N–H and O–H groups in total. The maximum absolute atomic E-state index is 11.6. The van der Waals surface area contributed by atoms with Crippen LogP contribution in [0.15, 0.2) is 0 Å². The lowest BCUT2D eigenvalue weighted by molar-refractivity contribution is -0.118. The van der Waals surface area contributed by atoms with Crippen LogP contribution in [0.25, 0.3) is 0 Å². The lowest BCUT2D eigenvalue weighted by atomic mass is 10.4. The molecule has 1 rings (SSSR count). The minimum atomic E-state index is -0.531. The fourth-order valence-corrected chi connectivity index (χ4v) is 1.56. The van der Waals surface area contributed by atoms with E-state index in [0.29, 0.717) is 18.9 Å². The first-order valence-electron chi connectivity index (χ1n) is 5.71. The van der Waals surface area contributed by atoms with Crippen molar-refractivity contribution in [1.29, 1.82) is 0 Å². The van der Waals surface area contributed by atoms with E-state index in [1.807, 2.05) is 0 Å². The van der Waals surface area contributed by atoms with Crippen LogP contribution in [-0.4, -0.2) is 34.6 Å². The Morgan fingerprint density at radius 3 is 2.72 bits per heavy atom. The molecule has 0 saturated heterocycles. The number of rotatable bonds is 5. The summed E-state index contributed by atoms with van der Waals surface area (Å²) in [4.78, 5) is 26.4. The summed E-state index contributed by atoms with van der Waals surface area (Å²) in [5, 5.41) is 2.65. The van der Waals surface area contributed by atoms with Gasteiger partial charge in [0, 0.05) is 20.0 Å². The van der Waals surface area contributed by atoms with Gasteiger partial charge in [0.05, 0.1) is 6.61 Å². The van der Waals surface area contributed by atoms with Crippen LogP contribution in [0.5, 0.6) is 0 Å². The molecule has 1 amide bonds. The Morgan fingerprint density at radius 1 is 1.50 bits per heavy atom. The number of carbonyl (C=O) groups excluding carboxylic acids is 2. The van der Waals surface area contributed by atoms with Gasteiger partial charge in [0.15, 0.2) is 5.69 Å². The lowest BCUT2D eigenvalue weighted by Crippen LogP contribution is -2.25. The number of carbonyl (C=O) groups is 2. The van der Waals surface area contributed by atoms with Gasteiger partial charge in [-0.3, -0.25) is 4.79 Å². The summed E-state index contributed by atoms with van der Waals surface area (Å²) in [5.74, 6) is 0.227. The number of ether oxygens (including phenoxy) is 1. The average molecular weight is 254 g/mol. The first-order valence-corrected chi connectivity index (χ1v) is 5.71. The average Bonchev–Trinajstić information content (AvgIpc) is 2.56. The van der Waals surface area contributed by atoms with Gasteiger partial charge in [-0.2, -0.15) is 0 Å². The molecular formula is C11H18N4O3. The van der Waals surface area contributed by atoms with Gasteiger partial charge in [-0.25, -0.2) is 9.78 Å². The summed E-state index contributed by atoms with van der Waals surface area (Å²) in [5.41, 5.74) is 5.96. The molecule has 0 spiro atoms. The molecule has 0 unspecified atom stereocenters. The molecule has 100 valence electrons. The summed E-state index contributed by atoms with van der Waals surface area (Å²) in [6.07, 6.45) is 0. The Morgan fingerprint density at radius 2 is 2.17 bits per heavy atom. The van der Waals surface area contributed by atoms with E-state index in [1.54, 1.807) is 18.4 Å². The molecule has 7 nitrogen and oxygen atoms in total. The molecule has 0 aliphatic carbocycles. The van der Waals surface area contributed by atoms with Crippen molar-refractivity contribution in [2.45, 2.75) is 27.3 Å². The van der Waals surface area contributed by atoms with E-state index in [-0.39, 0.29) is 24.0 Å². The van der Waals surface area contributed by atoms with Gasteiger partial charge in [0.1, 0.15) is 11.6 Å². The van der Waals surface area contributed by atoms with Gasteiger partial charge in [-0.15, -0.1) is 0 Å². The van der Waals surface area contributed by atoms with Crippen molar-refractivity contribution >= 4 is 17.7 Å². The molecule has 0 saturated carbocycles. The topological polar surface area (TPSA) is 99.2 Å². The molecular weight excluding hydrogens is 236 g/mol. The van der Waals surface area contributed by atoms with Crippen LogP contribution in [0.1, 0.15) is 30.2 Å². The van der Waals surface area contributed by atoms with E-state index in [1.165, 1.54) is 6.92 Å². The summed E-state index contributed by atoms with van der Waals surface area (Å²) in [7, 11) is 0. The van der Waals surface area contributed by atoms with E-state index in [0.717, 1.165) is 0 Å². The second-order valence-corrected chi connectivity index (χ2v) is 3.75. The number of anilines is 1. The van der Waals surface area contributed by atoms with E-state index in [4.69, 9.17) is 10.5 Å². The molecule has 1 heterocycles. The Kier molecular flexibility index (Phi) is 4.70. The second-order valence-electron chi connectivity index (χ2n) is 3.75. The number of hydrogen-bond donors (Lipinski definition) is 2. The molecule has 0 aliphatic heterocycles. The minimum absolute atomic E-state index is 0.114. The Labute approximate surface area is 105 Å². The van der Waals surface area contributed by atoms with Crippen LogP contribution >= 0.6 is 0 Å². The van der Waals surface area contributed by atoms with Crippen molar-refractivity contribution in [1.82, 2.24) is 14.9 Å². The summed E-state index contributed by atoms with van der Waals surface area (Å²) in [6.45, 7) is 6.06. The predicted octanol–water partition coefficient (Wildman–Crippen LogP) is 0.0865. The lowest BCUT2D eigenvalue weighted by Gasteiger charge is -2.07. The van der Waals surface area contributed by atoms with Crippen LogP contribution in [-0.2, 0) is 16.1 Å². The molecule has 7 heteroatoms. The molecule has 0 bridgehead atoms. The number of esters is 1. The number of nitrogens with one attached hydrogen (secondary N) is 1. The molecule has 0 aliphatic rings. The third-order valence-corrected chi connectivity index (χ3v) is 2.38. The van der Waals surface area contributed by atoms with Crippen LogP contribution < -0.4 is 11.1 Å². The highest BCUT2D eigenvalue weighted by Gasteiger charge is 2.19. The standard InChI is InChI=1S/C11H18N4O3/c1-4-18-11(17)9-10(12)15(7(2)14-9)6-5-13-8(3)16/h4-6,12H2,1-3H3,(H,13,16). The number of imidazole rings is 1. The van der Waals surface area contributed by atoms with Crippen LogP contribution in [0.2, 0.25) is 0 Å². The van der Waals surface area contributed by atoms with Crippen molar-refractivity contribution in [3.63, 3.8) is 0 Å². The number of nitrogen functional groups attached to an aromatic ring is 1. The minimum Gasteiger partial charge on any atom is -0.461 e. The van der Waals surface area contributed by atoms with Gasteiger partial charge in [0.25, 0.3) is 0 Å². The largest absolute Gasteiger partial charge is 0.461 e. The molecule has 1 aromatic rings. The van der Waals surface area contributed by atoms with Gasteiger partial charge in [0.2, 0.25) is 5.91 Å². The molecule has 1 aromatic heterocycles. The van der Waals surface area contributed by atoms with Crippen molar-refractivity contribution in [3.05, 3.63) is 11.5 Å².